The van der Waals surface area contributed by atoms with Crippen LogP contribution in [0.1, 0.15) is 20.7 Å². The molecule has 3 rings (SSSR count). The van der Waals surface area contributed by atoms with Crippen LogP contribution in [0.4, 0.5) is 0 Å². The highest BCUT2D eigenvalue weighted by molar-refractivity contribution is 5.95. The first-order chi connectivity index (χ1) is 16.5. The molecule has 1 aliphatic heterocycles. The van der Waals surface area contributed by atoms with Crippen molar-refractivity contribution in [3.05, 3.63) is 35.4 Å². The molecule has 0 bridgehead atoms. The third kappa shape index (κ3) is 5.16. The van der Waals surface area contributed by atoms with Crippen LogP contribution in [0.15, 0.2) is 24.3 Å². The van der Waals surface area contributed by atoms with Crippen LogP contribution in [0.2, 0.25) is 0 Å². The van der Waals surface area contributed by atoms with Crippen molar-refractivity contribution in [2.45, 2.75) is 30.7 Å². The van der Waals surface area contributed by atoms with E-state index in [1.807, 2.05) is 0 Å². The predicted molar refractivity (Wildman–Crippen MR) is 110 cm³/mol. The van der Waals surface area contributed by atoms with E-state index in [4.69, 9.17) is 18.9 Å². The number of rotatable bonds is 6. The van der Waals surface area contributed by atoms with E-state index in [0.29, 0.717) is 0 Å². The summed E-state index contributed by atoms with van der Waals surface area (Å²) in [4.78, 5) is 24.6. The third-order valence-electron chi connectivity index (χ3n) is 5.12. The third-order valence-corrected chi connectivity index (χ3v) is 5.12. The topological polar surface area (TPSA) is 233 Å². The molecule has 0 aliphatic carbocycles. The van der Waals surface area contributed by atoms with Crippen LogP contribution in [0, 0.1) is 0 Å². The van der Waals surface area contributed by atoms with Crippen molar-refractivity contribution in [1.29, 1.82) is 0 Å². The van der Waals surface area contributed by atoms with Crippen molar-refractivity contribution in [2.75, 3.05) is 13.7 Å². The maximum absolute atomic E-state index is 12.4. The zero-order chi connectivity index (χ0) is 26.0. The molecule has 8 N–H and O–H groups in total. The lowest BCUT2D eigenvalue weighted by molar-refractivity contribution is -0.294. The zero-order valence-electron chi connectivity index (χ0n) is 17.9. The van der Waals surface area contributed by atoms with E-state index in [0.717, 1.165) is 24.3 Å². The first-order valence-electron chi connectivity index (χ1n) is 9.87. The van der Waals surface area contributed by atoms with Crippen LogP contribution in [0.25, 0.3) is 0 Å². The summed E-state index contributed by atoms with van der Waals surface area (Å²) < 4.78 is 19.9. The largest absolute Gasteiger partial charge is 0.504 e. The lowest BCUT2D eigenvalue weighted by Gasteiger charge is -2.39. The predicted octanol–water partition coefficient (Wildman–Crippen LogP) is -0.955. The van der Waals surface area contributed by atoms with E-state index >= 15 is 0 Å². The number of aliphatic hydroxyl groups excluding tert-OH is 3. The van der Waals surface area contributed by atoms with Crippen molar-refractivity contribution < 1.29 is 69.4 Å². The van der Waals surface area contributed by atoms with Gasteiger partial charge in [0, 0.05) is 7.11 Å². The number of ether oxygens (including phenoxy) is 4. The van der Waals surface area contributed by atoms with Crippen LogP contribution in [-0.4, -0.2) is 97.2 Å². The average molecular weight is 498 g/mol. The molecule has 5 atom stereocenters. The molecule has 14 nitrogen and oxygen atoms in total. The first-order valence-corrected chi connectivity index (χ1v) is 9.87. The zero-order valence-corrected chi connectivity index (χ0v) is 17.9. The van der Waals surface area contributed by atoms with E-state index in [9.17, 15) is 50.4 Å². The Kier molecular flexibility index (Phi) is 7.52. The fourth-order valence-electron chi connectivity index (χ4n) is 3.17. The van der Waals surface area contributed by atoms with Crippen LogP contribution in [0.3, 0.4) is 0 Å². The number of phenols is 5. The second kappa shape index (κ2) is 10.2. The second-order valence-corrected chi connectivity index (χ2v) is 7.41. The molecule has 5 unspecified atom stereocenters. The Hall–Kier alpha value is -3.82. The molecule has 1 fully saturated rings. The minimum atomic E-state index is -1.65. The van der Waals surface area contributed by atoms with Crippen molar-refractivity contribution in [3.8, 4) is 34.5 Å². The van der Waals surface area contributed by atoms with Crippen LogP contribution in [-0.2, 0) is 14.2 Å². The molecule has 2 aromatic carbocycles. The molecule has 1 aliphatic rings. The maximum Gasteiger partial charge on any atom is 0.343 e. The van der Waals surface area contributed by atoms with Gasteiger partial charge in [0.1, 0.15) is 36.6 Å². The van der Waals surface area contributed by atoms with Gasteiger partial charge in [-0.1, -0.05) is 0 Å². The number of hydrogen-bond donors (Lipinski definition) is 8. The van der Waals surface area contributed by atoms with E-state index in [-0.39, 0.29) is 0 Å². The average Bonchev–Trinajstić information content (AvgIpc) is 2.83. The number of hydrogen-bond acceptors (Lipinski definition) is 14. The fraction of sp³-hybridized carbons (Fsp3) is 0.333. The van der Waals surface area contributed by atoms with Crippen LogP contribution in [0.5, 0.6) is 34.5 Å². The van der Waals surface area contributed by atoms with E-state index < -0.39 is 94.9 Å². The Balaban J connectivity index is 1.70. The van der Waals surface area contributed by atoms with Crippen LogP contribution >= 0.6 is 0 Å². The minimum absolute atomic E-state index is 0.409. The summed E-state index contributed by atoms with van der Waals surface area (Å²) in [5.74, 6) is -7.51. The lowest BCUT2D eigenvalue weighted by Crippen LogP contribution is -2.59. The van der Waals surface area contributed by atoms with Gasteiger partial charge >= 0.3 is 11.9 Å². The maximum atomic E-state index is 12.4. The van der Waals surface area contributed by atoms with Gasteiger partial charge in [0.25, 0.3) is 0 Å². The highest BCUT2D eigenvalue weighted by Crippen LogP contribution is 2.40. The number of aromatic hydroxyl groups is 5. The van der Waals surface area contributed by atoms with Crippen molar-refractivity contribution in [3.63, 3.8) is 0 Å². The molecule has 2 aromatic rings. The molecule has 1 heterocycles. The van der Waals surface area contributed by atoms with Gasteiger partial charge in [-0.25, -0.2) is 9.59 Å². The first kappa shape index (κ1) is 25.8. The highest BCUT2D eigenvalue weighted by atomic mass is 16.7. The molecule has 190 valence electrons. The molecule has 1 saturated heterocycles. The number of methoxy groups -OCH3 is 1. The smallest absolute Gasteiger partial charge is 0.343 e. The number of carbonyl (C=O) groups excluding carboxylic acids is 2. The Bertz CT molecular complexity index is 1090. The van der Waals surface area contributed by atoms with Gasteiger partial charge in [-0.05, 0) is 24.3 Å². The standard InChI is InChI=1S/C21H22O14/c1-32-21-18(29)17(28)16(27)12(35-21)6-33-20(31)8-2-3-11(15(26)13(8)24)34-19(30)7-4-9(22)14(25)10(23)5-7/h2-5,12,16-18,21-29H,6H2,1H3. The summed E-state index contributed by atoms with van der Waals surface area (Å²) >= 11 is 0. The SMILES string of the molecule is COC1OC(COC(=O)c2ccc(OC(=O)c3cc(O)c(O)c(O)c3)c(O)c2O)C(O)C(O)C1O. The van der Waals surface area contributed by atoms with E-state index in [2.05, 4.69) is 0 Å². The van der Waals surface area contributed by atoms with Crippen molar-refractivity contribution in [2.24, 2.45) is 0 Å². The second-order valence-electron chi connectivity index (χ2n) is 7.41. The monoisotopic (exact) mass is 498 g/mol. The van der Waals surface area contributed by atoms with Gasteiger partial charge in [0.15, 0.2) is 35.0 Å². The van der Waals surface area contributed by atoms with Gasteiger partial charge in [-0.15, -0.1) is 0 Å². The van der Waals surface area contributed by atoms with Crippen LogP contribution < -0.4 is 4.74 Å². The van der Waals surface area contributed by atoms with Gasteiger partial charge in [0.2, 0.25) is 5.75 Å². The van der Waals surface area contributed by atoms with Crippen molar-refractivity contribution in [1.82, 2.24) is 0 Å². The number of benzene rings is 2. The number of aliphatic hydroxyl groups is 3. The summed E-state index contributed by atoms with van der Waals surface area (Å²) in [6.07, 6.45) is -7.43. The quantitative estimate of drug-likeness (QED) is 0.136. The summed E-state index contributed by atoms with van der Waals surface area (Å²) in [6.45, 7) is -0.631. The molecule has 0 spiro atoms. The summed E-state index contributed by atoms with van der Waals surface area (Å²) in [5.41, 5.74) is -0.968. The lowest BCUT2D eigenvalue weighted by atomic mass is 9.99. The number of carbonyl (C=O) groups is 2. The van der Waals surface area contributed by atoms with E-state index in [1.165, 1.54) is 7.11 Å². The molecule has 35 heavy (non-hydrogen) atoms. The van der Waals surface area contributed by atoms with Gasteiger partial charge in [0.05, 0.1) is 5.56 Å². The number of phenolic OH excluding ortho intramolecular Hbond substituents is 5. The molecular formula is C21H22O14. The Morgan fingerprint density at radius 2 is 1.49 bits per heavy atom. The Morgan fingerprint density at radius 1 is 0.857 bits per heavy atom. The molecule has 0 aromatic heterocycles. The van der Waals surface area contributed by atoms with Crippen molar-refractivity contribution >= 4 is 11.9 Å². The van der Waals surface area contributed by atoms with Gasteiger partial charge < -0.3 is 59.8 Å². The molecule has 0 radical (unpaired) electrons. The Labute approximate surface area is 196 Å². The Morgan fingerprint density at radius 3 is 2.09 bits per heavy atom. The minimum Gasteiger partial charge on any atom is -0.504 e. The van der Waals surface area contributed by atoms with E-state index in [1.54, 1.807) is 0 Å². The summed E-state index contributed by atoms with van der Waals surface area (Å²) in [6, 6.07) is 3.45. The molecular weight excluding hydrogens is 476 g/mol. The summed E-state index contributed by atoms with van der Waals surface area (Å²) in [5, 5.41) is 78.3. The molecule has 0 saturated carbocycles. The highest BCUT2D eigenvalue weighted by Gasteiger charge is 2.44. The van der Waals surface area contributed by atoms with Gasteiger partial charge in [-0.2, -0.15) is 0 Å². The number of esters is 2. The van der Waals surface area contributed by atoms with Gasteiger partial charge in [-0.3, -0.25) is 0 Å². The molecule has 14 heteroatoms. The summed E-state index contributed by atoms with van der Waals surface area (Å²) in [7, 11) is 1.18. The normalized spacial score (nSPS) is 24.1. The molecule has 0 amide bonds. The fourth-order valence-corrected chi connectivity index (χ4v) is 3.17.